The van der Waals surface area contributed by atoms with Crippen LogP contribution in [0.5, 0.6) is 0 Å². The summed E-state index contributed by atoms with van der Waals surface area (Å²) in [5.41, 5.74) is 0. The van der Waals surface area contributed by atoms with Gasteiger partial charge in [-0.25, -0.2) is 0 Å². The fraction of sp³-hybridized carbons (Fsp3) is 1.00. The predicted octanol–water partition coefficient (Wildman–Crippen LogP) is 0.912. The lowest BCUT2D eigenvalue weighted by Gasteiger charge is -2.33. The minimum Gasteiger partial charge on any atom is -0.301 e. The van der Waals surface area contributed by atoms with Gasteiger partial charge in [0.15, 0.2) is 0 Å². The molecular weight excluding hydrogens is 121 g/mol. The summed E-state index contributed by atoms with van der Waals surface area (Å²) in [6.45, 7) is 7.21. The molecule has 1 rings (SSSR count). The van der Waals surface area contributed by atoms with Crippen molar-refractivity contribution in [2.75, 3.05) is 13.1 Å². The summed E-state index contributed by atoms with van der Waals surface area (Å²) in [5, 5.41) is 0. The molecule has 0 N–H and O–H groups in total. The van der Waals surface area contributed by atoms with E-state index in [1.807, 2.05) is 0 Å². The predicted molar refractivity (Wildman–Crippen MR) is 48.2 cm³/mol. The van der Waals surface area contributed by atoms with Crippen LogP contribution < -0.4 is 0 Å². The smallest absolute Gasteiger partial charge is 0.105 e. The molecule has 1 nitrogen and oxygen atoms in total. The average Bonchev–Trinajstić information content (AvgIpc) is 1.88. The molecule has 0 bridgehead atoms. The van der Waals surface area contributed by atoms with Gasteiger partial charge in [-0.3, -0.25) is 0 Å². The van der Waals surface area contributed by atoms with Crippen LogP contribution in [-0.2, 0) is 0 Å². The van der Waals surface area contributed by atoms with E-state index >= 15 is 0 Å². The van der Waals surface area contributed by atoms with Gasteiger partial charge in [0.1, 0.15) is 7.85 Å². The van der Waals surface area contributed by atoms with Crippen molar-refractivity contribution in [3.8, 4) is 0 Å². The van der Waals surface area contributed by atoms with E-state index in [0.29, 0.717) is 0 Å². The topological polar surface area (TPSA) is 3.24 Å². The highest BCUT2D eigenvalue weighted by atomic mass is 15.1. The van der Waals surface area contributed by atoms with Crippen LogP contribution in [-0.4, -0.2) is 31.9 Å². The SMILES string of the molecule is BC1CCN(C(C)C)CC1. The molecular formula is C8H18BN. The van der Waals surface area contributed by atoms with Gasteiger partial charge in [0.05, 0.1) is 0 Å². The van der Waals surface area contributed by atoms with Gasteiger partial charge in [-0.2, -0.15) is 0 Å². The first-order valence-electron chi connectivity index (χ1n) is 4.44. The Morgan fingerprint density at radius 1 is 1.30 bits per heavy atom. The summed E-state index contributed by atoms with van der Waals surface area (Å²) < 4.78 is 0. The lowest BCUT2D eigenvalue weighted by molar-refractivity contribution is 0.185. The summed E-state index contributed by atoms with van der Waals surface area (Å²) in [7, 11) is 2.36. The third-order valence-electron chi connectivity index (χ3n) is 2.55. The third kappa shape index (κ3) is 2.01. The van der Waals surface area contributed by atoms with Crippen molar-refractivity contribution in [1.82, 2.24) is 4.90 Å². The molecule has 0 atom stereocenters. The van der Waals surface area contributed by atoms with E-state index in [4.69, 9.17) is 0 Å². The maximum atomic E-state index is 2.57. The molecule has 2 heteroatoms. The highest BCUT2D eigenvalue weighted by Gasteiger charge is 2.16. The summed E-state index contributed by atoms with van der Waals surface area (Å²) >= 11 is 0. The first-order chi connectivity index (χ1) is 4.70. The molecule has 1 aliphatic rings. The van der Waals surface area contributed by atoms with Gasteiger partial charge in [-0.1, -0.05) is 5.82 Å². The van der Waals surface area contributed by atoms with Crippen molar-refractivity contribution in [1.29, 1.82) is 0 Å². The molecule has 1 saturated heterocycles. The van der Waals surface area contributed by atoms with Gasteiger partial charge in [0, 0.05) is 6.04 Å². The normalized spacial score (nSPS) is 23.9. The van der Waals surface area contributed by atoms with Crippen LogP contribution in [0.15, 0.2) is 0 Å². The number of hydrogen-bond acceptors (Lipinski definition) is 1. The molecule has 0 radical (unpaired) electrons. The Labute approximate surface area is 65.2 Å². The maximum Gasteiger partial charge on any atom is 0.105 e. The first-order valence-corrected chi connectivity index (χ1v) is 4.44. The Balaban J connectivity index is 2.26. The van der Waals surface area contributed by atoms with Crippen molar-refractivity contribution in [2.45, 2.75) is 38.5 Å². The maximum absolute atomic E-state index is 2.57. The van der Waals surface area contributed by atoms with Gasteiger partial charge in [0.2, 0.25) is 0 Å². The monoisotopic (exact) mass is 139 g/mol. The van der Waals surface area contributed by atoms with Crippen molar-refractivity contribution in [2.24, 2.45) is 0 Å². The largest absolute Gasteiger partial charge is 0.301 e. The molecule has 0 saturated carbocycles. The number of nitrogens with zero attached hydrogens (tertiary/aromatic N) is 1. The Hall–Kier alpha value is 0.0249. The molecule has 0 aromatic rings. The van der Waals surface area contributed by atoms with Gasteiger partial charge in [-0.15, -0.1) is 0 Å². The van der Waals surface area contributed by atoms with E-state index in [1.165, 1.54) is 25.9 Å². The van der Waals surface area contributed by atoms with E-state index in [0.717, 1.165) is 11.9 Å². The van der Waals surface area contributed by atoms with Gasteiger partial charge < -0.3 is 4.90 Å². The zero-order valence-electron chi connectivity index (χ0n) is 7.43. The third-order valence-corrected chi connectivity index (χ3v) is 2.55. The summed E-state index contributed by atoms with van der Waals surface area (Å²) in [5.74, 6) is 0.968. The van der Waals surface area contributed by atoms with Crippen LogP contribution in [0.25, 0.3) is 0 Å². The zero-order chi connectivity index (χ0) is 7.56. The Kier molecular flexibility index (Phi) is 2.78. The summed E-state index contributed by atoms with van der Waals surface area (Å²) in [6, 6.07) is 0.757. The van der Waals surface area contributed by atoms with Crippen molar-refractivity contribution < 1.29 is 0 Å². The molecule has 1 fully saturated rings. The van der Waals surface area contributed by atoms with E-state index in [2.05, 4.69) is 26.6 Å². The highest BCUT2D eigenvalue weighted by Crippen LogP contribution is 2.19. The Bertz CT molecular complexity index is 95.4. The van der Waals surface area contributed by atoms with E-state index in [1.54, 1.807) is 0 Å². The van der Waals surface area contributed by atoms with Crippen LogP contribution >= 0.6 is 0 Å². The fourth-order valence-electron chi connectivity index (χ4n) is 1.54. The lowest BCUT2D eigenvalue weighted by Crippen LogP contribution is -2.37. The second-order valence-electron chi connectivity index (χ2n) is 3.81. The van der Waals surface area contributed by atoms with Crippen molar-refractivity contribution in [3.63, 3.8) is 0 Å². The van der Waals surface area contributed by atoms with Crippen LogP contribution in [0.3, 0.4) is 0 Å². The van der Waals surface area contributed by atoms with E-state index in [-0.39, 0.29) is 0 Å². The Morgan fingerprint density at radius 2 is 1.80 bits per heavy atom. The molecule has 58 valence electrons. The molecule has 0 aliphatic carbocycles. The van der Waals surface area contributed by atoms with Gasteiger partial charge in [0.25, 0.3) is 0 Å². The fourth-order valence-corrected chi connectivity index (χ4v) is 1.54. The van der Waals surface area contributed by atoms with E-state index < -0.39 is 0 Å². The van der Waals surface area contributed by atoms with E-state index in [9.17, 15) is 0 Å². The standard InChI is InChI=1S/C8H18BN/c1-7(2)10-5-3-8(9)4-6-10/h7-8H,3-6,9H2,1-2H3. The molecule has 0 unspecified atom stereocenters. The van der Waals surface area contributed by atoms with Gasteiger partial charge in [-0.05, 0) is 39.8 Å². The average molecular weight is 139 g/mol. The highest BCUT2D eigenvalue weighted by molar-refractivity contribution is 6.11. The second kappa shape index (κ2) is 3.43. The quantitative estimate of drug-likeness (QED) is 0.488. The summed E-state index contributed by atoms with van der Waals surface area (Å²) in [4.78, 5) is 2.57. The lowest BCUT2D eigenvalue weighted by atomic mass is 9.79. The molecule has 1 aliphatic heterocycles. The van der Waals surface area contributed by atoms with Crippen LogP contribution in [0.2, 0.25) is 5.82 Å². The molecule has 0 aromatic heterocycles. The van der Waals surface area contributed by atoms with Crippen LogP contribution in [0.1, 0.15) is 26.7 Å². The van der Waals surface area contributed by atoms with Crippen molar-refractivity contribution >= 4 is 7.85 Å². The Morgan fingerprint density at radius 3 is 2.20 bits per heavy atom. The molecule has 0 aromatic carbocycles. The van der Waals surface area contributed by atoms with Gasteiger partial charge >= 0.3 is 0 Å². The second-order valence-corrected chi connectivity index (χ2v) is 3.81. The van der Waals surface area contributed by atoms with Crippen molar-refractivity contribution in [3.05, 3.63) is 0 Å². The number of piperidine rings is 1. The molecule has 10 heavy (non-hydrogen) atoms. The molecule has 0 spiro atoms. The minimum absolute atomic E-state index is 0.757. The minimum atomic E-state index is 0.757. The molecule has 0 amide bonds. The summed E-state index contributed by atoms with van der Waals surface area (Å²) in [6.07, 6.45) is 2.80. The zero-order valence-corrected chi connectivity index (χ0v) is 7.43. The number of rotatable bonds is 1. The van der Waals surface area contributed by atoms with Crippen LogP contribution in [0.4, 0.5) is 0 Å². The number of hydrogen-bond donors (Lipinski definition) is 0. The molecule has 1 heterocycles. The number of likely N-dealkylation sites (tertiary alicyclic amines) is 1. The van der Waals surface area contributed by atoms with Crippen LogP contribution in [0, 0.1) is 0 Å². The first kappa shape index (κ1) is 8.12.